The Morgan fingerprint density at radius 1 is 1.19 bits per heavy atom. The Bertz CT molecular complexity index is 288. The number of anilines is 1. The van der Waals surface area contributed by atoms with Gasteiger partial charge in [0.1, 0.15) is 0 Å². The molecule has 1 aromatic carbocycles. The van der Waals surface area contributed by atoms with Gasteiger partial charge in [-0.3, -0.25) is 0 Å². The number of likely N-dealkylation sites (N-methyl/N-ethyl adjacent to an activating group) is 1. The topological polar surface area (TPSA) is 15.3 Å². The summed E-state index contributed by atoms with van der Waals surface area (Å²) in [7, 11) is 0. The molecule has 16 heavy (non-hydrogen) atoms. The molecule has 0 radical (unpaired) electrons. The number of nitrogens with one attached hydrogen (secondary N) is 1. The number of rotatable bonds is 6. The van der Waals surface area contributed by atoms with Gasteiger partial charge in [0.05, 0.1) is 10.7 Å². The molecule has 4 heteroatoms. The summed E-state index contributed by atoms with van der Waals surface area (Å²) >= 11 is 6.03. The Labute approximate surface area is 109 Å². The second-order valence-electron chi connectivity index (χ2n) is 3.43. The molecule has 0 aromatic heterocycles. The van der Waals surface area contributed by atoms with Crippen molar-refractivity contribution in [2.24, 2.45) is 0 Å². The molecule has 0 amide bonds. The summed E-state index contributed by atoms with van der Waals surface area (Å²) in [6.45, 7) is 8.54. The normalized spacial score (nSPS) is 10.0. The van der Waals surface area contributed by atoms with Crippen molar-refractivity contribution in [3.05, 3.63) is 29.3 Å². The Morgan fingerprint density at radius 2 is 1.81 bits per heavy atom. The standard InChI is InChI=1S/C12H19ClN2.ClH/c1-3-15(4-2)10-9-14-12-8-6-5-7-11(12)13;/h5-8,14H,3-4,9-10H2,1-2H3;1H. The molecule has 0 saturated carbocycles. The zero-order valence-electron chi connectivity index (χ0n) is 9.87. The molecule has 0 aliphatic carbocycles. The van der Waals surface area contributed by atoms with E-state index in [1.807, 2.05) is 24.3 Å². The highest BCUT2D eigenvalue weighted by Crippen LogP contribution is 2.19. The second-order valence-corrected chi connectivity index (χ2v) is 3.84. The maximum atomic E-state index is 6.03. The predicted molar refractivity (Wildman–Crippen MR) is 75.0 cm³/mol. The van der Waals surface area contributed by atoms with Crippen LogP contribution in [0, 0.1) is 0 Å². The summed E-state index contributed by atoms with van der Waals surface area (Å²) in [6, 6.07) is 7.84. The van der Waals surface area contributed by atoms with Crippen LogP contribution in [0.25, 0.3) is 0 Å². The van der Waals surface area contributed by atoms with Crippen LogP contribution in [0.3, 0.4) is 0 Å². The monoisotopic (exact) mass is 262 g/mol. The molecule has 0 bridgehead atoms. The molecular weight excluding hydrogens is 243 g/mol. The van der Waals surface area contributed by atoms with Crippen molar-refractivity contribution in [1.29, 1.82) is 0 Å². The minimum Gasteiger partial charge on any atom is -0.383 e. The van der Waals surface area contributed by atoms with Crippen molar-refractivity contribution in [2.45, 2.75) is 13.8 Å². The van der Waals surface area contributed by atoms with Gasteiger partial charge < -0.3 is 10.2 Å². The number of para-hydroxylation sites is 1. The first-order valence-electron chi connectivity index (χ1n) is 5.48. The lowest BCUT2D eigenvalue weighted by Crippen LogP contribution is -2.28. The van der Waals surface area contributed by atoms with Crippen LogP contribution in [0.4, 0.5) is 5.69 Å². The average molecular weight is 263 g/mol. The maximum absolute atomic E-state index is 6.03. The van der Waals surface area contributed by atoms with E-state index in [1.165, 1.54) is 0 Å². The van der Waals surface area contributed by atoms with Gasteiger partial charge in [-0.05, 0) is 25.2 Å². The third kappa shape index (κ3) is 5.06. The van der Waals surface area contributed by atoms with Crippen LogP contribution < -0.4 is 5.32 Å². The third-order valence-corrected chi connectivity index (χ3v) is 2.84. The van der Waals surface area contributed by atoms with E-state index in [9.17, 15) is 0 Å². The van der Waals surface area contributed by atoms with Crippen molar-refractivity contribution >= 4 is 29.7 Å². The van der Waals surface area contributed by atoms with Crippen molar-refractivity contribution in [2.75, 3.05) is 31.5 Å². The van der Waals surface area contributed by atoms with Crippen molar-refractivity contribution in [1.82, 2.24) is 4.90 Å². The zero-order valence-corrected chi connectivity index (χ0v) is 11.4. The molecular formula is C12H20Cl2N2. The number of benzene rings is 1. The second kappa shape index (κ2) is 8.68. The van der Waals surface area contributed by atoms with Gasteiger partial charge in [-0.25, -0.2) is 0 Å². The lowest BCUT2D eigenvalue weighted by Gasteiger charge is -2.18. The SMILES string of the molecule is CCN(CC)CCNc1ccccc1Cl.Cl. The van der Waals surface area contributed by atoms with E-state index in [-0.39, 0.29) is 12.4 Å². The van der Waals surface area contributed by atoms with Gasteiger partial charge >= 0.3 is 0 Å². The molecule has 0 aliphatic heterocycles. The molecule has 1 rings (SSSR count). The summed E-state index contributed by atoms with van der Waals surface area (Å²) in [6.07, 6.45) is 0. The number of halogens is 2. The van der Waals surface area contributed by atoms with Gasteiger partial charge in [-0.2, -0.15) is 0 Å². The Hall–Kier alpha value is -0.440. The molecule has 92 valence electrons. The minimum absolute atomic E-state index is 0. The Kier molecular flexibility index (Phi) is 8.44. The van der Waals surface area contributed by atoms with E-state index >= 15 is 0 Å². The number of hydrogen-bond acceptors (Lipinski definition) is 2. The molecule has 0 fully saturated rings. The summed E-state index contributed by atoms with van der Waals surface area (Å²) < 4.78 is 0. The van der Waals surface area contributed by atoms with Crippen LogP contribution in [0.1, 0.15) is 13.8 Å². The van der Waals surface area contributed by atoms with Crippen LogP contribution in [-0.2, 0) is 0 Å². The van der Waals surface area contributed by atoms with Crippen LogP contribution in [0.5, 0.6) is 0 Å². The maximum Gasteiger partial charge on any atom is 0.0637 e. The summed E-state index contributed by atoms with van der Waals surface area (Å²) in [5.41, 5.74) is 1.02. The summed E-state index contributed by atoms with van der Waals surface area (Å²) in [5.74, 6) is 0. The van der Waals surface area contributed by atoms with E-state index in [2.05, 4.69) is 24.1 Å². The molecule has 0 saturated heterocycles. The Morgan fingerprint density at radius 3 is 2.38 bits per heavy atom. The highest BCUT2D eigenvalue weighted by molar-refractivity contribution is 6.33. The van der Waals surface area contributed by atoms with Gasteiger partial charge in [0.25, 0.3) is 0 Å². The number of hydrogen-bond donors (Lipinski definition) is 1. The van der Waals surface area contributed by atoms with Gasteiger partial charge in [-0.1, -0.05) is 37.6 Å². The molecule has 0 atom stereocenters. The fourth-order valence-corrected chi connectivity index (χ4v) is 1.70. The predicted octanol–water partition coefficient (Wildman–Crippen LogP) is 3.52. The highest BCUT2D eigenvalue weighted by Gasteiger charge is 2.00. The first-order chi connectivity index (χ1) is 7.27. The fraction of sp³-hybridized carbons (Fsp3) is 0.500. The van der Waals surface area contributed by atoms with Gasteiger partial charge in [-0.15, -0.1) is 12.4 Å². The van der Waals surface area contributed by atoms with Crippen LogP contribution in [-0.4, -0.2) is 31.1 Å². The molecule has 0 aliphatic rings. The number of nitrogens with zero attached hydrogens (tertiary/aromatic N) is 1. The van der Waals surface area contributed by atoms with E-state index in [1.54, 1.807) is 0 Å². The molecule has 1 aromatic rings. The minimum atomic E-state index is 0. The van der Waals surface area contributed by atoms with Gasteiger partial charge in [0.2, 0.25) is 0 Å². The van der Waals surface area contributed by atoms with Gasteiger partial charge in [0.15, 0.2) is 0 Å². The van der Waals surface area contributed by atoms with Crippen molar-refractivity contribution < 1.29 is 0 Å². The molecule has 0 unspecified atom stereocenters. The molecule has 1 N–H and O–H groups in total. The van der Waals surface area contributed by atoms with E-state index < -0.39 is 0 Å². The van der Waals surface area contributed by atoms with Crippen LogP contribution >= 0.6 is 24.0 Å². The quantitative estimate of drug-likeness (QED) is 0.844. The Balaban J connectivity index is 0.00000225. The van der Waals surface area contributed by atoms with E-state index in [0.29, 0.717) is 0 Å². The highest BCUT2D eigenvalue weighted by atomic mass is 35.5. The average Bonchev–Trinajstić information content (AvgIpc) is 2.27. The summed E-state index contributed by atoms with van der Waals surface area (Å²) in [4.78, 5) is 2.38. The molecule has 0 heterocycles. The smallest absolute Gasteiger partial charge is 0.0637 e. The van der Waals surface area contributed by atoms with Gasteiger partial charge in [0, 0.05) is 13.1 Å². The van der Waals surface area contributed by atoms with Crippen LogP contribution in [0.15, 0.2) is 24.3 Å². The first-order valence-corrected chi connectivity index (χ1v) is 5.86. The first kappa shape index (κ1) is 15.6. The van der Waals surface area contributed by atoms with Crippen molar-refractivity contribution in [3.63, 3.8) is 0 Å². The fourth-order valence-electron chi connectivity index (χ4n) is 1.49. The largest absolute Gasteiger partial charge is 0.383 e. The molecule has 2 nitrogen and oxygen atoms in total. The zero-order chi connectivity index (χ0) is 11.1. The third-order valence-electron chi connectivity index (χ3n) is 2.51. The van der Waals surface area contributed by atoms with Crippen LogP contribution in [0.2, 0.25) is 5.02 Å². The van der Waals surface area contributed by atoms with Crippen molar-refractivity contribution in [3.8, 4) is 0 Å². The molecule has 0 spiro atoms. The summed E-state index contributed by atoms with van der Waals surface area (Å²) in [5, 5.41) is 4.13. The lowest BCUT2D eigenvalue weighted by atomic mass is 10.3. The van der Waals surface area contributed by atoms with E-state index in [0.717, 1.165) is 36.9 Å². The lowest BCUT2D eigenvalue weighted by molar-refractivity contribution is 0.316. The van der Waals surface area contributed by atoms with E-state index in [4.69, 9.17) is 11.6 Å².